The van der Waals surface area contributed by atoms with Crippen LogP contribution < -0.4 is 10.6 Å². The molecule has 0 fully saturated rings. The van der Waals surface area contributed by atoms with Crippen molar-refractivity contribution in [2.45, 2.75) is 33.0 Å². The minimum Gasteiger partial charge on any atom is -0.324 e. The predicted molar refractivity (Wildman–Crippen MR) is 84.8 cm³/mol. The molecule has 1 heterocycles. The zero-order valence-corrected chi connectivity index (χ0v) is 13.6. The van der Waals surface area contributed by atoms with Crippen LogP contribution in [0.4, 0.5) is 5.69 Å². The van der Waals surface area contributed by atoms with Crippen LogP contribution >= 0.6 is 15.9 Å². The molecule has 0 aliphatic rings. The summed E-state index contributed by atoms with van der Waals surface area (Å²) in [6, 6.07) is 7.81. The predicted octanol–water partition coefficient (Wildman–Crippen LogP) is 2.18. The van der Waals surface area contributed by atoms with E-state index in [0.717, 1.165) is 15.9 Å². The highest BCUT2D eigenvalue weighted by molar-refractivity contribution is 9.10. The van der Waals surface area contributed by atoms with Gasteiger partial charge < -0.3 is 10.6 Å². The van der Waals surface area contributed by atoms with Gasteiger partial charge in [-0.3, -0.25) is 4.79 Å². The number of nitrogens with zero attached hydrogens (tertiary/aromatic N) is 3. The fraction of sp³-hybridized carbons (Fsp3) is 0.357. The van der Waals surface area contributed by atoms with Gasteiger partial charge in [-0.05, 0) is 24.3 Å². The van der Waals surface area contributed by atoms with E-state index in [9.17, 15) is 4.79 Å². The number of anilines is 1. The molecular formula is C14H18BrN5O. The average molecular weight is 352 g/mol. The number of carbonyl (C=O) groups excluding carboxylic acids is 1. The maximum absolute atomic E-state index is 11.9. The highest BCUT2D eigenvalue weighted by Gasteiger charge is 2.07. The number of hydrogen-bond acceptors (Lipinski definition) is 4. The van der Waals surface area contributed by atoms with Gasteiger partial charge in [-0.1, -0.05) is 35.0 Å². The Morgan fingerprint density at radius 3 is 2.71 bits per heavy atom. The van der Waals surface area contributed by atoms with Crippen LogP contribution in [0.15, 0.2) is 34.9 Å². The Balaban J connectivity index is 1.86. The fourth-order valence-corrected chi connectivity index (χ4v) is 1.95. The van der Waals surface area contributed by atoms with E-state index < -0.39 is 0 Å². The van der Waals surface area contributed by atoms with Crippen molar-refractivity contribution in [1.82, 2.24) is 20.3 Å². The normalized spacial score (nSPS) is 10.9. The van der Waals surface area contributed by atoms with E-state index in [1.807, 2.05) is 24.3 Å². The second kappa shape index (κ2) is 7.33. The molecule has 6 nitrogen and oxygen atoms in total. The van der Waals surface area contributed by atoms with Gasteiger partial charge in [-0.2, -0.15) is 0 Å². The van der Waals surface area contributed by atoms with Crippen molar-refractivity contribution < 1.29 is 4.79 Å². The zero-order valence-electron chi connectivity index (χ0n) is 12.0. The van der Waals surface area contributed by atoms with Gasteiger partial charge in [0, 0.05) is 22.7 Å². The number of benzene rings is 1. The molecule has 0 saturated carbocycles. The topological polar surface area (TPSA) is 71.8 Å². The summed E-state index contributed by atoms with van der Waals surface area (Å²) in [4.78, 5) is 11.9. The first-order chi connectivity index (χ1) is 10.0. The second-order valence-corrected chi connectivity index (χ2v) is 5.91. The van der Waals surface area contributed by atoms with Crippen molar-refractivity contribution in [3.8, 4) is 0 Å². The highest BCUT2D eigenvalue weighted by Crippen LogP contribution is 2.14. The van der Waals surface area contributed by atoms with Crippen molar-refractivity contribution >= 4 is 27.5 Å². The van der Waals surface area contributed by atoms with E-state index >= 15 is 0 Å². The van der Waals surface area contributed by atoms with Crippen molar-refractivity contribution in [1.29, 1.82) is 0 Å². The molecule has 2 N–H and O–H groups in total. The van der Waals surface area contributed by atoms with Crippen LogP contribution in [0.3, 0.4) is 0 Å². The molecule has 2 rings (SSSR count). The fourth-order valence-electron chi connectivity index (χ4n) is 1.69. The van der Waals surface area contributed by atoms with Gasteiger partial charge >= 0.3 is 0 Å². The summed E-state index contributed by atoms with van der Waals surface area (Å²) in [5.41, 5.74) is 1.57. The van der Waals surface area contributed by atoms with Gasteiger partial charge in [0.15, 0.2) is 0 Å². The summed E-state index contributed by atoms with van der Waals surface area (Å²) in [5.74, 6) is -0.134. The van der Waals surface area contributed by atoms with E-state index in [1.165, 1.54) is 4.68 Å². The van der Waals surface area contributed by atoms with Crippen LogP contribution in [-0.4, -0.2) is 26.9 Å². The Labute approximate surface area is 132 Å². The Morgan fingerprint density at radius 2 is 2.05 bits per heavy atom. The summed E-state index contributed by atoms with van der Waals surface area (Å²) in [5, 5.41) is 14.0. The third kappa shape index (κ3) is 5.28. The molecule has 1 aromatic carbocycles. The summed E-state index contributed by atoms with van der Waals surface area (Å²) >= 11 is 3.35. The lowest BCUT2D eigenvalue weighted by Gasteiger charge is -2.05. The van der Waals surface area contributed by atoms with E-state index in [2.05, 4.69) is 50.7 Å². The molecule has 0 bridgehead atoms. The van der Waals surface area contributed by atoms with Crippen molar-refractivity contribution in [2.24, 2.45) is 0 Å². The van der Waals surface area contributed by atoms with Gasteiger partial charge in [0.1, 0.15) is 6.54 Å². The van der Waals surface area contributed by atoms with Gasteiger partial charge in [0.25, 0.3) is 0 Å². The third-order valence-electron chi connectivity index (χ3n) is 2.71. The van der Waals surface area contributed by atoms with Crippen LogP contribution in [0, 0.1) is 0 Å². The molecule has 1 aromatic heterocycles. The number of carbonyl (C=O) groups is 1. The number of hydrogen-bond donors (Lipinski definition) is 2. The maximum Gasteiger partial charge on any atom is 0.246 e. The molecule has 0 saturated heterocycles. The SMILES string of the molecule is CC(C)NCc1cn(CC(=O)Nc2ccc(Br)cc2)nn1. The first-order valence-corrected chi connectivity index (χ1v) is 7.50. The minimum atomic E-state index is -0.134. The van der Waals surface area contributed by atoms with Crippen LogP contribution in [0.25, 0.3) is 0 Å². The van der Waals surface area contributed by atoms with E-state index in [1.54, 1.807) is 6.20 Å². The van der Waals surface area contributed by atoms with Crippen LogP contribution in [0.5, 0.6) is 0 Å². The van der Waals surface area contributed by atoms with Gasteiger partial charge in [-0.15, -0.1) is 5.10 Å². The summed E-state index contributed by atoms with van der Waals surface area (Å²) in [6.45, 7) is 4.92. The molecule has 7 heteroatoms. The first-order valence-electron chi connectivity index (χ1n) is 6.71. The Bertz CT molecular complexity index is 594. The molecule has 0 unspecified atom stereocenters. The van der Waals surface area contributed by atoms with Crippen molar-refractivity contribution in [2.75, 3.05) is 5.32 Å². The molecule has 0 atom stereocenters. The van der Waals surface area contributed by atoms with Crippen LogP contribution in [-0.2, 0) is 17.9 Å². The Morgan fingerprint density at radius 1 is 1.33 bits per heavy atom. The van der Waals surface area contributed by atoms with Crippen molar-refractivity contribution in [3.63, 3.8) is 0 Å². The number of amides is 1. The molecule has 0 spiro atoms. The minimum absolute atomic E-state index is 0.134. The molecule has 2 aromatic rings. The van der Waals surface area contributed by atoms with Gasteiger partial charge in [-0.25, -0.2) is 4.68 Å². The van der Waals surface area contributed by atoms with E-state index in [0.29, 0.717) is 12.6 Å². The van der Waals surface area contributed by atoms with Gasteiger partial charge in [0.2, 0.25) is 5.91 Å². The van der Waals surface area contributed by atoms with E-state index in [4.69, 9.17) is 0 Å². The van der Waals surface area contributed by atoms with Crippen LogP contribution in [0.2, 0.25) is 0 Å². The molecular weight excluding hydrogens is 334 g/mol. The van der Waals surface area contributed by atoms with Crippen molar-refractivity contribution in [3.05, 3.63) is 40.6 Å². The number of halogens is 1. The summed E-state index contributed by atoms with van der Waals surface area (Å²) in [6.07, 6.45) is 1.77. The zero-order chi connectivity index (χ0) is 15.2. The standard InChI is InChI=1S/C14H18BrN5O/c1-10(2)16-7-13-8-20(19-18-13)9-14(21)17-12-5-3-11(15)4-6-12/h3-6,8,10,16H,7,9H2,1-2H3,(H,17,21). The molecule has 0 aliphatic heterocycles. The molecule has 21 heavy (non-hydrogen) atoms. The quantitative estimate of drug-likeness (QED) is 0.836. The Kier molecular flexibility index (Phi) is 5.46. The first kappa shape index (κ1) is 15.7. The third-order valence-corrected chi connectivity index (χ3v) is 3.24. The lowest BCUT2D eigenvalue weighted by atomic mass is 10.3. The summed E-state index contributed by atoms with van der Waals surface area (Å²) in [7, 11) is 0. The number of aromatic nitrogens is 3. The Hall–Kier alpha value is -1.73. The molecule has 1 amide bonds. The van der Waals surface area contributed by atoms with E-state index in [-0.39, 0.29) is 12.5 Å². The second-order valence-electron chi connectivity index (χ2n) is 5.00. The monoisotopic (exact) mass is 351 g/mol. The molecule has 0 aliphatic carbocycles. The van der Waals surface area contributed by atoms with Gasteiger partial charge in [0.05, 0.1) is 11.9 Å². The lowest BCUT2D eigenvalue weighted by molar-refractivity contribution is -0.116. The number of rotatable bonds is 6. The summed E-state index contributed by atoms with van der Waals surface area (Å²) < 4.78 is 2.50. The smallest absolute Gasteiger partial charge is 0.246 e. The molecule has 112 valence electrons. The average Bonchev–Trinajstić information content (AvgIpc) is 2.86. The highest BCUT2D eigenvalue weighted by atomic mass is 79.9. The lowest BCUT2D eigenvalue weighted by Crippen LogP contribution is -2.22. The maximum atomic E-state index is 11.9. The molecule has 0 radical (unpaired) electrons. The largest absolute Gasteiger partial charge is 0.324 e. The van der Waals surface area contributed by atoms with Crippen LogP contribution in [0.1, 0.15) is 19.5 Å². The number of nitrogens with one attached hydrogen (secondary N) is 2.